The van der Waals surface area contributed by atoms with Gasteiger partial charge in [-0.25, -0.2) is 9.78 Å². The lowest BCUT2D eigenvalue weighted by Gasteiger charge is -2.23. The zero-order chi connectivity index (χ0) is 22.8. The number of fused-ring (bicyclic) bond motifs is 1. The third kappa shape index (κ3) is 3.92. The number of nitrogens with zero attached hydrogens (tertiary/aromatic N) is 3. The van der Waals surface area contributed by atoms with Gasteiger partial charge in [-0.05, 0) is 31.5 Å². The van der Waals surface area contributed by atoms with E-state index in [9.17, 15) is 19.5 Å². The van der Waals surface area contributed by atoms with Crippen LogP contribution in [0.4, 0.5) is 5.69 Å². The molecule has 0 aliphatic rings. The molecule has 0 bridgehead atoms. The average molecular weight is 448 g/mol. The summed E-state index contributed by atoms with van der Waals surface area (Å²) in [6.45, 7) is 3.97. The predicted molar refractivity (Wildman–Crippen MR) is 125 cm³/mol. The van der Waals surface area contributed by atoms with Gasteiger partial charge in [0, 0.05) is 23.2 Å². The van der Waals surface area contributed by atoms with Crippen molar-refractivity contribution in [3.05, 3.63) is 81.5 Å². The Hall–Kier alpha value is -3.78. The van der Waals surface area contributed by atoms with E-state index in [1.54, 1.807) is 17.0 Å². The maximum atomic E-state index is 13.4. The largest absolute Gasteiger partial charge is 0.478 e. The maximum Gasteiger partial charge on any atom is 0.337 e. The van der Waals surface area contributed by atoms with Crippen molar-refractivity contribution < 1.29 is 14.7 Å². The van der Waals surface area contributed by atoms with E-state index in [4.69, 9.17) is 0 Å². The van der Waals surface area contributed by atoms with E-state index >= 15 is 0 Å². The first-order valence-corrected chi connectivity index (χ1v) is 11.0. The Labute approximate surface area is 188 Å². The Kier molecular flexibility index (Phi) is 5.87. The Balaban J connectivity index is 1.87. The van der Waals surface area contributed by atoms with Crippen LogP contribution >= 0.6 is 11.3 Å². The van der Waals surface area contributed by atoms with E-state index in [-0.39, 0.29) is 23.4 Å². The summed E-state index contributed by atoms with van der Waals surface area (Å²) in [5.74, 6) is -1.16. The number of rotatable bonds is 6. The lowest BCUT2D eigenvalue weighted by atomic mass is 10.2. The summed E-state index contributed by atoms with van der Waals surface area (Å²) in [5, 5.41) is 10.9. The van der Waals surface area contributed by atoms with Crippen LogP contribution in [-0.2, 0) is 11.3 Å². The highest BCUT2D eigenvalue weighted by Gasteiger charge is 2.23. The van der Waals surface area contributed by atoms with Gasteiger partial charge in [-0.3, -0.25) is 14.2 Å². The van der Waals surface area contributed by atoms with Gasteiger partial charge in [0.1, 0.15) is 17.2 Å². The van der Waals surface area contributed by atoms with Gasteiger partial charge in [0.2, 0.25) is 5.91 Å². The summed E-state index contributed by atoms with van der Waals surface area (Å²) in [4.78, 5) is 44.9. The first kappa shape index (κ1) is 21.5. The molecule has 0 unspecified atom stereocenters. The number of aromatic nitrogens is 2. The molecule has 2 heterocycles. The van der Waals surface area contributed by atoms with Crippen LogP contribution in [0.5, 0.6) is 0 Å². The lowest BCUT2D eigenvalue weighted by Crippen LogP contribution is -2.37. The number of carbonyl (C=O) groups excluding carboxylic acids is 1. The molecule has 4 rings (SSSR count). The van der Waals surface area contributed by atoms with Gasteiger partial charge in [-0.1, -0.05) is 42.5 Å². The zero-order valence-electron chi connectivity index (χ0n) is 17.6. The van der Waals surface area contributed by atoms with Gasteiger partial charge in [-0.15, -0.1) is 11.3 Å². The summed E-state index contributed by atoms with van der Waals surface area (Å²) in [5.41, 5.74) is 1.78. The normalized spacial score (nSPS) is 10.9. The van der Waals surface area contributed by atoms with E-state index < -0.39 is 11.5 Å². The lowest BCUT2D eigenvalue weighted by molar-refractivity contribution is -0.119. The molecule has 2 aromatic carbocycles. The Morgan fingerprint density at radius 3 is 2.53 bits per heavy atom. The molecule has 0 saturated carbocycles. The van der Waals surface area contributed by atoms with Crippen molar-refractivity contribution in [2.75, 3.05) is 11.4 Å². The number of anilines is 1. The highest BCUT2D eigenvalue weighted by molar-refractivity contribution is 7.17. The standard InChI is InChI=1S/C24H21N3O4S/c1-3-26(17-11-7-8-15(2)12-17)19(28)13-27-21(16-9-5-4-6-10-16)25-22-20(23(27)29)18(14-32-22)24(30)31/h4-12,14H,3,13H2,1-2H3,(H,30,31). The quantitative estimate of drug-likeness (QED) is 0.479. The van der Waals surface area contributed by atoms with Gasteiger partial charge in [-0.2, -0.15) is 0 Å². The molecule has 0 spiro atoms. The minimum absolute atomic E-state index is 0.0218. The van der Waals surface area contributed by atoms with Crippen molar-refractivity contribution >= 4 is 39.1 Å². The summed E-state index contributed by atoms with van der Waals surface area (Å²) < 4.78 is 1.28. The van der Waals surface area contributed by atoms with Crippen LogP contribution in [0.25, 0.3) is 21.6 Å². The topological polar surface area (TPSA) is 92.5 Å². The second kappa shape index (κ2) is 8.76. The highest BCUT2D eigenvalue weighted by atomic mass is 32.1. The summed E-state index contributed by atoms with van der Waals surface area (Å²) in [6.07, 6.45) is 0. The molecule has 1 amide bonds. The van der Waals surface area contributed by atoms with Crippen LogP contribution in [0.3, 0.4) is 0 Å². The number of carbonyl (C=O) groups is 2. The van der Waals surface area contributed by atoms with Crippen molar-refractivity contribution in [1.82, 2.24) is 9.55 Å². The van der Waals surface area contributed by atoms with Gasteiger partial charge in [0.05, 0.1) is 10.9 Å². The number of hydrogen-bond acceptors (Lipinski definition) is 5. The highest BCUT2D eigenvalue weighted by Crippen LogP contribution is 2.26. The molecule has 0 saturated heterocycles. The fraction of sp³-hybridized carbons (Fsp3) is 0.167. The zero-order valence-corrected chi connectivity index (χ0v) is 18.4. The molecular weight excluding hydrogens is 426 g/mol. The van der Waals surface area contributed by atoms with Gasteiger partial charge < -0.3 is 10.0 Å². The van der Waals surface area contributed by atoms with Crippen LogP contribution in [0.2, 0.25) is 0 Å². The molecule has 162 valence electrons. The number of aryl methyl sites for hydroxylation is 1. The first-order valence-electron chi connectivity index (χ1n) is 10.1. The fourth-order valence-electron chi connectivity index (χ4n) is 3.66. The second-order valence-electron chi connectivity index (χ2n) is 7.30. The number of likely N-dealkylation sites (N-methyl/N-ethyl adjacent to an activating group) is 1. The Morgan fingerprint density at radius 2 is 1.88 bits per heavy atom. The van der Waals surface area contributed by atoms with Crippen LogP contribution in [0, 0.1) is 6.92 Å². The first-order chi connectivity index (χ1) is 15.4. The number of amides is 1. The van der Waals surface area contributed by atoms with E-state index in [1.165, 1.54) is 9.95 Å². The molecule has 32 heavy (non-hydrogen) atoms. The Bertz CT molecular complexity index is 1380. The van der Waals surface area contributed by atoms with E-state index in [1.807, 2.05) is 56.3 Å². The smallest absolute Gasteiger partial charge is 0.337 e. The molecule has 0 atom stereocenters. The predicted octanol–water partition coefficient (Wildman–Crippen LogP) is 4.18. The van der Waals surface area contributed by atoms with Crippen molar-refractivity contribution in [1.29, 1.82) is 0 Å². The molecule has 8 heteroatoms. The van der Waals surface area contributed by atoms with Gasteiger partial charge in [0.15, 0.2) is 0 Å². The van der Waals surface area contributed by atoms with Crippen LogP contribution in [0.15, 0.2) is 64.8 Å². The molecule has 4 aromatic rings. The molecule has 7 nitrogen and oxygen atoms in total. The number of hydrogen-bond donors (Lipinski definition) is 1. The molecule has 1 N–H and O–H groups in total. The summed E-state index contributed by atoms with van der Waals surface area (Å²) in [7, 11) is 0. The third-order valence-corrected chi connectivity index (χ3v) is 6.05. The minimum atomic E-state index is -1.20. The Morgan fingerprint density at radius 1 is 1.12 bits per heavy atom. The molecule has 0 aliphatic heterocycles. The number of benzene rings is 2. The van der Waals surface area contributed by atoms with Crippen molar-refractivity contribution in [2.24, 2.45) is 0 Å². The molecule has 2 aromatic heterocycles. The molecule has 0 radical (unpaired) electrons. The molecular formula is C24H21N3O4S. The van der Waals surface area contributed by atoms with Gasteiger partial charge >= 0.3 is 5.97 Å². The van der Waals surface area contributed by atoms with Crippen molar-refractivity contribution in [3.8, 4) is 11.4 Å². The average Bonchev–Trinajstić information content (AvgIpc) is 3.21. The minimum Gasteiger partial charge on any atom is -0.478 e. The van der Waals surface area contributed by atoms with Crippen molar-refractivity contribution in [3.63, 3.8) is 0 Å². The van der Waals surface area contributed by atoms with Crippen LogP contribution in [0.1, 0.15) is 22.8 Å². The summed E-state index contributed by atoms with van der Waals surface area (Å²) in [6, 6.07) is 16.7. The number of carboxylic acids is 1. The SMILES string of the molecule is CCN(C(=O)Cn1c(-c2ccccc2)nc2scc(C(=O)O)c2c1=O)c1cccc(C)c1. The van der Waals surface area contributed by atoms with Crippen LogP contribution < -0.4 is 10.5 Å². The molecule has 0 fully saturated rings. The second-order valence-corrected chi connectivity index (χ2v) is 8.16. The monoisotopic (exact) mass is 447 g/mol. The van der Waals surface area contributed by atoms with E-state index in [0.29, 0.717) is 22.8 Å². The maximum absolute atomic E-state index is 13.4. The number of carboxylic acid groups (broad SMARTS) is 1. The van der Waals surface area contributed by atoms with E-state index in [0.717, 1.165) is 22.6 Å². The summed E-state index contributed by atoms with van der Waals surface area (Å²) >= 11 is 1.10. The third-order valence-electron chi connectivity index (χ3n) is 5.18. The number of aromatic carboxylic acids is 1. The number of thiophene rings is 1. The fourth-order valence-corrected chi connectivity index (χ4v) is 4.56. The van der Waals surface area contributed by atoms with Crippen LogP contribution in [-0.4, -0.2) is 33.1 Å². The van der Waals surface area contributed by atoms with Gasteiger partial charge in [0.25, 0.3) is 5.56 Å². The molecule has 0 aliphatic carbocycles. The van der Waals surface area contributed by atoms with E-state index in [2.05, 4.69) is 4.98 Å². The van der Waals surface area contributed by atoms with Crippen molar-refractivity contribution in [2.45, 2.75) is 20.4 Å².